The number of rotatable bonds is 1. The van der Waals surface area contributed by atoms with Crippen molar-refractivity contribution in [3.63, 3.8) is 0 Å². The molecule has 1 nitrogen and oxygen atoms in total. The normalized spacial score (nSPS) is 31.4. The van der Waals surface area contributed by atoms with Crippen molar-refractivity contribution in [2.45, 2.75) is 38.0 Å². The molecule has 0 unspecified atom stereocenters. The molecule has 0 heterocycles. The molecule has 2 fully saturated rings. The Morgan fingerprint density at radius 3 is 2.08 bits per heavy atom. The Hall–Kier alpha value is -0.650. The van der Waals surface area contributed by atoms with Gasteiger partial charge in [-0.3, -0.25) is 0 Å². The zero-order chi connectivity index (χ0) is 8.82. The van der Waals surface area contributed by atoms with Gasteiger partial charge in [0.05, 0.1) is 11.5 Å². The fourth-order valence-electron chi connectivity index (χ4n) is 2.22. The van der Waals surface area contributed by atoms with E-state index in [9.17, 15) is 8.78 Å². The minimum Gasteiger partial charge on any atom is -0.207 e. The van der Waals surface area contributed by atoms with Gasteiger partial charge in [-0.05, 0) is 18.8 Å². The predicted octanol–water partition coefficient (Wildman–Crippen LogP) is 2.73. The standard InChI is InChI=1S/C9H11F2N/c10-9(11)4-7(5-9)8(6-12)2-1-3-8/h7H,1-5H2. The third-order valence-corrected chi connectivity index (χ3v) is 3.34. The molecule has 2 aliphatic carbocycles. The number of nitrogens with zero attached hydrogens (tertiary/aromatic N) is 1. The van der Waals surface area contributed by atoms with Gasteiger partial charge in [0.1, 0.15) is 0 Å². The summed E-state index contributed by atoms with van der Waals surface area (Å²) in [5, 5.41) is 8.85. The third-order valence-electron chi connectivity index (χ3n) is 3.34. The number of hydrogen-bond acceptors (Lipinski definition) is 1. The highest BCUT2D eigenvalue weighted by Gasteiger charge is 2.57. The summed E-state index contributed by atoms with van der Waals surface area (Å²) in [6.45, 7) is 0. The van der Waals surface area contributed by atoms with Crippen LogP contribution in [-0.2, 0) is 0 Å². The lowest BCUT2D eigenvalue weighted by atomic mass is 9.55. The first-order valence-electron chi connectivity index (χ1n) is 4.37. The van der Waals surface area contributed by atoms with Crippen LogP contribution in [0.4, 0.5) is 8.78 Å². The van der Waals surface area contributed by atoms with Crippen LogP contribution >= 0.6 is 0 Å². The van der Waals surface area contributed by atoms with Crippen molar-refractivity contribution in [2.24, 2.45) is 11.3 Å². The minimum absolute atomic E-state index is 0.0220. The van der Waals surface area contributed by atoms with Crippen LogP contribution < -0.4 is 0 Å². The van der Waals surface area contributed by atoms with Gasteiger partial charge in [-0.15, -0.1) is 0 Å². The highest BCUT2D eigenvalue weighted by molar-refractivity contribution is 5.12. The average Bonchev–Trinajstić information content (AvgIpc) is 1.82. The molecular formula is C9H11F2N. The van der Waals surface area contributed by atoms with Gasteiger partial charge in [0.2, 0.25) is 5.92 Å². The number of hydrogen-bond donors (Lipinski definition) is 0. The molecule has 12 heavy (non-hydrogen) atoms. The minimum atomic E-state index is -2.47. The molecular weight excluding hydrogens is 160 g/mol. The smallest absolute Gasteiger partial charge is 0.207 e. The SMILES string of the molecule is N#CC1(C2CC(F)(F)C2)CCC1. The number of nitriles is 1. The maximum atomic E-state index is 12.5. The molecule has 0 aromatic heterocycles. The summed E-state index contributed by atoms with van der Waals surface area (Å²) in [6.07, 6.45) is 2.60. The van der Waals surface area contributed by atoms with Crippen molar-refractivity contribution in [2.75, 3.05) is 0 Å². The molecule has 0 saturated heterocycles. The van der Waals surface area contributed by atoms with Crippen molar-refractivity contribution in [1.29, 1.82) is 5.26 Å². The van der Waals surface area contributed by atoms with Crippen LogP contribution in [0.2, 0.25) is 0 Å². The average molecular weight is 171 g/mol. The quantitative estimate of drug-likeness (QED) is 0.595. The fourth-order valence-corrected chi connectivity index (χ4v) is 2.22. The van der Waals surface area contributed by atoms with Crippen molar-refractivity contribution in [3.05, 3.63) is 0 Å². The molecule has 0 N–H and O–H groups in total. The van der Waals surface area contributed by atoms with Gasteiger partial charge in [0, 0.05) is 12.8 Å². The second-order valence-corrected chi connectivity index (χ2v) is 4.08. The Morgan fingerprint density at radius 1 is 1.25 bits per heavy atom. The van der Waals surface area contributed by atoms with Crippen LogP contribution in [-0.4, -0.2) is 5.92 Å². The zero-order valence-corrected chi connectivity index (χ0v) is 6.82. The Kier molecular flexibility index (Phi) is 1.45. The van der Waals surface area contributed by atoms with Gasteiger partial charge in [-0.25, -0.2) is 8.78 Å². The number of halogens is 2. The van der Waals surface area contributed by atoms with Gasteiger partial charge in [0.25, 0.3) is 0 Å². The lowest BCUT2D eigenvalue weighted by molar-refractivity contribution is -0.150. The lowest BCUT2D eigenvalue weighted by Crippen LogP contribution is -2.48. The van der Waals surface area contributed by atoms with E-state index in [4.69, 9.17) is 5.26 Å². The topological polar surface area (TPSA) is 23.8 Å². The Morgan fingerprint density at radius 2 is 1.83 bits per heavy atom. The first-order valence-corrected chi connectivity index (χ1v) is 4.37. The molecule has 0 aromatic carbocycles. The molecule has 0 aliphatic heterocycles. The van der Waals surface area contributed by atoms with Crippen molar-refractivity contribution in [3.8, 4) is 6.07 Å². The molecule has 2 aliphatic rings. The Labute approximate surface area is 70.4 Å². The van der Waals surface area contributed by atoms with Crippen LogP contribution in [0.15, 0.2) is 0 Å². The lowest BCUT2D eigenvalue weighted by Gasteiger charge is -2.49. The summed E-state index contributed by atoms with van der Waals surface area (Å²) in [4.78, 5) is 0. The molecule has 3 heteroatoms. The van der Waals surface area contributed by atoms with Crippen LogP contribution in [0.5, 0.6) is 0 Å². The summed E-state index contributed by atoms with van der Waals surface area (Å²) in [5.74, 6) is -2.49. The van der Waals surface area contributed by atoms with Gasteiger partial charge in [-0.2, -0.15) is 5.26 Å². The van der Waals surface area contributed by atoms with Crippen molar-refractivity contribution >= 4 is 0 Å². The summed E-state index contributed by atoms with van der Waals surface area (Å²) >= 11 is 0. The largest absolute Gasteiger partial charge is 0.248 e. The summed E-state index contributed by atoms with van der Waals surface area (Å²) < 4.78 is 25.0. The van der Waals surface area contributed by atoms with Crippen LogP contribution in [0.1, 0.15) is 32.1 Å². The highest BCUT2D eigenvalue weighted by atomic mass is 19.3. The van der Waals surface area contributed by atoms with E-state index in [1.54, 1.807) is 0 Å². The molecule has 2 saturated carbocycles. The van der Waals surface area contributed by atoms with Crippen molar-refractivity contribution < 1.29 is 8.78 Å². The second kappa shape index (κ2) is 2.18. The first-order chi connectivity index (χ1) is 5.58. The summed E-state index contributed by atoms with van der Waals surface area (Å²) in [5.41, 5.74) is -0.359. The van der Waals surface area contributed by atoms with E-state index in [1.165, 1.54) is 0 Å². The third kappa shape index (κ3) is 0.939. The Balaban J connectivity index is 2.00. The molecule has 2 rings (SSSR count). The van der Waals surface area contributed by atoms with E-state index in [0.717, 1.165) is 19.3 Å². The molecule has 66 valence electrons. The van der Waals surface area contributed by atoms with Crippen LogP contribution in [0, 0.1) is 22.7 Å². The van der Waals surface area contributed by atoms with Gasteiger partial charge in [-0.1, -0.05) is 6.42 Å². The van der Waals surface area contributed by atoms with E-state index in [1.807, 2.05) is 0 Å². The van der Waals surface area contributed by atoms with Gasteiger partial charge < -0.3 is 0 Å². The molecule has 0 bridgehead atoms. The second-order valence-electron chi connectivity index (χ2n) is 4.08. The van der Waals surface area contributed by atoms with E-state index in [2.05, 4.69) is 6.07 Å². The predicted molar refractivity (Wildman–Crippen MR) is 39.6 cm³/mol. The highest BCUT2D eigenvalue weighted by Crippen LogP contribution is 2.58. The summed E-state index contributed by atoms with van der Waals surface area (Å²) in [6, 6.07) is 2.22. The Bertz CT molecular complexity index is 229. The van der Waals surface area contributed by atoms with Gasteiger partial charge >= 0.3 is 0 Å². The van der Waals surface area contributed by atoms with Crippen molar-refractivity contribution in [1.82, 2.24) is 0 Å². The van der Waals surface area contributed by atoms with Gasteiger partial charge in [0.15, 0.2) is 0 Å². The van der Waals surface area contributed by atoms with E-state index >= 15 is 0 Å². The van der Waals surface area contributed by atoms with E-state index < -0.39 is 5.92 Å². The van der Waals surface area contributed by atoms with Crippen LogP contribution in [0.25, 0.3) is 0 Å². The maximum absolute atomic E-state index is 12.5. The molecule has 0 aromatic rings. The van der Waals surface area contributed by atoms with E-state index in [0.29, 0.717) is 0 Å². The maximum Gasteiger partial charge on any atom is 0.248 e. The molecule has 0 amide bonds. The fraction of sp³-hybridized carbons (Fsp3) is 0.889. The molecule has 0 spiro atoms. The number of alkyl halides is 2. The summed E-state index contributed by atoms with van der Waals surface area (Å²) in [7, 11) is 0. The zero-order valence-electron chi connectivity index (χ0n) is 6.82. The van der Waals surface area contributed by atoms with Crippen LogP contribution in [0.3, 0.4) is 0 Å². The van der Waals surface area contributed by atoms with E-state index in [-0.39, 0.29) is 24.2 Å². The molecule has 0 atom stereocenters. The molecule has 0 radical (unpaired) electrons. The first kappa shape index (κ1) is 7.97. The monoisotopic (exact) mass is 171 g/mol.